The zero-order chi connectivity index (χ0) is 14.8. The molecule has 5 heteroatoms. The van der Waals surface area contributed by atoms with Crippen LogP contribution in [0.4, 0.5) is 5.95 Å². The average molecular weight is 290 g/mol. The number of ether oxygens (including phenoxy) is 1. The molecule has 0 bridgehead atoms. The highest BCUT2D eigenvalue weighted by molar-refractivity contribution is 5.34. The van der Waals surface area contributed by atoms with Crippen molar-refractivity contribution in [2.24, 2.45) is 0 Å². The summed E-state index contributed by atoms with van der Waals surface area (Å²) in [5, 5.41) is 0. The molecule has 1 aromatic rings. The summed E-state index contributed by atoms with van der Waals surface area (Å²) < 4.78 is 5.83. The van der Waals surface area contributed by atoms with Crippen LogP contribution in [0, 0.1) is 6.92 Å². The SMILES string of the molecule is Cc1ccnc(N2CCC[C@H]2CN2C[C@@H](C)O[C@@H](C)C2)n1. The van der Waals surface area contributed by atoms with Crippen molar-refractivity contribution in [1.82, 2.24) is 14.9 Å². The van der Waals surface area contributed by atoms with Crippen molar-refractivity contribution in [2.75, 3.05) is 31.1 Å². The van der Waals surface area contributed by atoms with Gasteiger partial charge in [-0.15, -0.1) is 0 Å². The average Bonchev–Trinajstić information content (AvgIpc) is 2.85. The van der Waals surface area contributed by atoms with Crippen molar-refractivity contribution in [3.63, 3.8) is 0 Å². The maximum atomic E-state index is 5.83. The molecule has 0 N–H and O–H groups in total. The van der Waals surface area contributed by atoms with Gasteiger partial charge in [0.05, 0.1) is 12.2 Å². The number of aryl methyl sites for hydroxylation is 1. The molecule has 0 saturated carbocycles. The summed E-state index contributed by atoms with van der Waals surface area (Å²) in [7, 11) is 0. The minimum Gasteiger partial charge on any atom is -0.373 e. The molecule has 2 saturated heterocycles. The van der Waals surface area contributed by atoms with Crippen LogP contribution in [0.3, 0.4) is 0 Å². The molecule has 0 aliphatic carbocycles. The van der Waals surface area contributed by atoms with Crippen molar-refractivity contribution in [1.29, 1.82) is 0 Å². The van der Waals surface area contributed by atoms with E-state index in [0.717, 1.165) is 37.8 Å². The molecule has 3 rings (SSSR count). The van der Waals surface area contributed by atoms with Crippen LogP contribution in [0.2, 0.25) is 0 Å². The van der Waals surface area contributed by atoms with Gasteiger partial charge in [-0.05, 0) is 39.7 Å². The van der Waals surface area contributed by atoms with Crippen LogP contribution in [-0.4, -0.2) is 59.3 Å². The van der Waals surface area contributed by atoms with E-state index in [1.54, 1.807) is 0 Å². The number of aromatic nitrogens is 2. The first-order valence-corrected chi connectivity index (χ1v) is 8.06. The van der Waals surface area contributed by atoms with Gasteiger partial charge in [0.15, 0.2) is 0 Å². The molecular formula is C16H26N4O. The van der Waals surface area contributed by atoms with E-state index >= 15 is 0 Å². The fourth-order valence-corrected chi connectivity index (χ4v) is 3.59. The normalized spacial score (nSPS) is 30.8. The maximum absolute atomic E-state index is 5.83. The van der Waals surface area contributed by atoms with Gasteiger partial charge in [0, 0.05) is 44.1 Å². The standard InChI is InChI=1S/C16H26N4O/c1-12-6-7-17-16(18-12)20-8-4-5-15(20)11-19-9-13(2)21-14(3)10-19/h6-7,13-15H,4-5,8-11H2,1-3H3/t13-,14+,15-/m0/s1. The Labute approximate surface area is 127 Å². The predicted octanol–water partition coefficient (Wildman–Crippen LogP) is 1.86. The largest absolute Gasteiger partial charge is 0.373 e. The number of anilines is 1. The van der Waals surface area contributed by atoms with Gasteiger partial charge < -0.3 is 9.64 Å². The predicted molar refractivity (Wildman–Crippen MR) is 83.6 cm³/mol. The topological polar surface area (TPSA) is 41.5 Å². The second-order valence-corrected chi connectivity index (χ2v) is 6.46. The second-order valence-electron chi connectivity index (χ2n) is 6.46. The molecule has 0 amide bonds. The first-order valence-electron chi connectivity index (χ1n) is 8.06. The van der Waals surface area contributed by atoms with E-state index in [1.807, 2.05) is 19.2 Å². The zero-order valence-electron chi connectivity index (χ0n) is 13.3. The smallest absolute Gasteiger partial charge is 0.225 e. The Morgan fingerprint density at radius 2 is 2.05 bits per heavy atom. The summed E-state index contributed by atoms with van der Waals surface area (Å²) in [4.78, 5) is 14.0. The van der Waals surface area contributed by atoms with Gasteiger partial charge in [-0.1, -0.05) is 0 Å². The Kier molecular flexibility index (Phi) is 4.40. The lowest BCUT2D eigenvalue weighted by Gasteiger charge is -2.38. The summed E-state index contributed by atoms with van der Waals surface area (Å²) in [6.45, 7) is 10.6. The Bertz CT molecular complexity index is 471. The number of hydrogen-bond acceptors (Lipinski definition) is 5. The summed E-state index contributed by atoms with van der Waals surface area (Å²) in [5.41, 5.74) is 1.04. The van der Waals surface area contributed by atoms with E-state index < -0.39 is 0 Å². The third kappa shape index (κ3) is 3.52. The first-order chi connectivity index (χ1) is 10.1. The number of hydrogen-bond donors (Lipinski definition) is 0. The molecule has 3 heterocycles. The van der Waals surface area contributed by atoms with E-state index in [2.05, 4.69) is 33.6 Å². The Hall–Kier alpha value is -1.20. The van der Waals surface area contributed by atoms with E-state index in [-0.39, 0.29) is 0 Å². The Morgan fingerprint density at radius 1 is 1.29 bits per heavy atom. The first kappa shape index (κ1) is 14.7. The van der Waals surface area contributed by atoms with Gasteiger partial charge in [0.25, 0.3) is 0 Å². The maximum Gasteiger partial charge on any atom is 0.225 e. The fraction of sp³-hybridized carbons (Fsp3) is 0.750. The van der Waals surface area contributed by atoms with E-state index in [0.29, 0.717) is 18.2 Å². The lowest BCUT2D eigenvalue weighted by molar-refractivity contribution is -0.0690. The lowest BCUT2D eigenvalue weighted by Crippen LogP contribution is -2.50. The summed E-state index contributed by atoms with van der Waals surface area (Å²) in [5.74, 6) is 0.895. The molecule has 2 aliphatic heterocycles. The molecule has 21 heavy (non-hydrogen) atoms. The summed E-state index contributed by atoms with van der Waals surface area (Å²) >= 11 is 0. The molecule has 0 aromatic carbocycles. The summed E-state index contributed by atoms with van der Waals surface area (Å²) in [6.07, 6.45) is 5.00. The molecule has 2 aliphatic rings. The summed E-state index contributed by atoms with van der Waals surface area (Å²) in [6, 6.07) is 2.49. The number of rotatable bonds is 3. The molecule has 0 spiro atoms. The molecule has 0 unspecified atom stereocenters. The fourth-order valence-electron chi connectivity index (χ4n) is 3.59. The zero-order valence-corrected chi connectivity index (χ0v) is 13.3. The van der Waals surface area contributed by atoms with Crippen LogP contribution in [0.5, 0.6) is 0 Å². The van der Waals surface area contributed by atoms with Crippen molar-refractivity contribution in [3.8, 4) is 0 Å². The van der Waals surface area contributed by atoms with Gasteiger partial charge >= 0.3 is 0 Å². The van der Waals surface area contributed by atoms with E-state index in [9.17, 15) is 0 Å². The van der Waals surface area contributed by atoms with Crippen LogP contribution >= 0.6 is 0 Å². The van der Waals surface area contributed by atoms with Crippen LogP contribution in [0.1, 0.15) is 32.4 Å². The van der Waals surface area contributed by atoms with Crippen molar-refractivity contribution in [3.05, 3.63) is 18.0 Å². The molecule has 3 atom stereocenters. The minimum atomic E-state index is 0.332. The molecule has 1 aromatic heterocycles. The quantitative estimate of drug-likeness (QED) is 0.850. The Balaban J connectivity index is 1.67. The highest BCUT2D eigenvalue weighted by Crippen LogP contribution is 2.24. The molecule has 116 valence electrons. The van der Waals surface area contributed by atoms with Crippen LogP contribution in [0.25, 0.3) is 0 Å². The highest BCUT2D eigenvalue weighted by Gasteiger charge is 2.31. The van der Waals surface area contributed by atoms with Gasteiger partial charge in [0.2, 0.25) is 5.95 Å². The lowest BCUT2D eigenvalue weighted by atomic mass is 10.1. The monoisotopic (exact) mass is 290 g/mol. The van der Waals surface area contributed by atoms with Crippen molar-refractivity contribution >= 4 is 5.95 Å². The van der Waals surface area contributed by atoms with E-state index in [1.165, 1.54) is 12.8 Å². The molecule has 2 fully saturated rings. The van der Waals surface area contributed by atoms with Crippen molar-refractivity contribution < 1.29 is 4.74 Å². The van der Waals surface area contributed by atoms with Gasteiger partial charge in [0.1, 0.15) is 0 Å². The second kappa shape index (κ2) is 6.28. The van der Waals surface area contributed by atoms with Gasteiger partial charge in [-0.3, -0.25) is 4.90 Å². The van der Waals surface area contributed by atoms with Gasteiger partial charge in [-0.2, -0.15) is 0 Å². The Morgan fingerprint density at radius 3 is 2.76 bits per heavy atom. The molecule has 5 nitrogen and oxygen atoms in total. The molecule has 0 radical (unpaired) electrons. The van der Waals surface area contributed by atoms with Crippen LogP contribution in [-0.2, 0) is 4.74 Å². The number of morpholine rings is 1. The van der Waals surface area contributed by atoms with Crippen LogP contribution < -0.4 is 4.90 Å². The van der Waals surface area contributed by atoms with Crippen LogP contribution in [0.15, 0.2) is 12.3 Å². The minimum absolute atomic E-state index is 0.332. The van der Waals surface area contributed by atoms with Crippen molar-refractivity contribution in [2.45, 2.75) is 51.9 Å². The number of nitrogens with zero attached hydrogens (tertiary/aromatic N) is 4. The van der Waals surface area contributed by atoms with E-state index in [4.69, 9.17) is 4.74 Å². The molecular weight excluding hydrogens is 264 g/mol. The van der Waals surface area contributed by atoms with Gasteiger partial charge in [-0.25, -0.2) is 9.97 Å². The highest BCUT2D eigenvalue weighted by atomic mass is 16.5. The third-order valence-electron chi connectivity index (χ3n) is 4.38. The third-order valence-corrected chi connectivity index (χ3v) is 4.38.